The third kappa shape index (κ3) is 4.21. The zero-order valence-corrected chi connectivity index (χ0v) is 13.6. The summed E-state index contributed by atoms with van der Waals surface area (Å²) in [6.07, 6.45) is 4.40. The summed E-state index contributed by atoms with van der Waals surface area (Å²) in [7, 11) is 0. The molecule has 3 aliphatic heterocycles. The number of piperazine rings is 1. The Hall–Kier alpha value is -2.18. The van der Waals surface area contributed by atoms with E-state index in [2.05, 4.69) is 15.1 Å². The number of rotatable bonds is 5. The zero-order chi connectivity index (χ0) is 16.9. The molecule has 128 valence electrons. The monoisotopic (exact) mass is 329 g/mol. The highest BCUT2D eigenvalue weighted by Crippen LogP contribution is 2.15. The topological polar surface area (TPSA) is 72.9 Å². The molecule has 4 rings (SSSR count). The molecule has 6 heteroatoms. The van der Waals surface area contributed by atoms with Crippen LogP contribution in [-0.2, 0) is 4.79 Å². The molecule has 3 fully saturated rings. The first kappa shape index (κ1) is 16.7. The number of carboxylic acid groups (broad SMARTS) is 1. The Morgan fingerprint density at radius 3 is 2.71 bits per heavy atom. The summed E-state index contributed by atoms with van der Waals surface area (Å²) < 4.78 is 0. The van der Waals surface area contributed by atoms with Gasteiger partial charge in [0.05, 0.1) is 5.56 Å². The van der Waals surface area contributed by atoms with Crippen LogP contribution < -0.4 is 5.32 Å². The molecular weight excluding hydrogens is 306 g/mol. The van der Waals surface area contributed by atoms with Gasteiger partial charge in [-0.1, -0.05) is 12.1 Å². The Morgan fingerprint density at radius 1 is 1.17 bits per heavy atom. The summed E-state index contributed by atoms with van der Waals surface area (Å²) in [4.78, 5) is 27.7. The van der Waals surface area contributed by atoms with E-state index in [0.29, 0.717) is 12.6 Å². The van der Waals surface area contributed by atoms with Gasteiger partial charge in [-0.25, -0.2) is 4.79 Å². The van der Waals surface area contributed by atoms with Crippen molar-refractivity contribution in [1.82, 2.24) is 15.1 Å². The Bertz CT molecular complexity index is 623. The van der Waals surface area contributed by atoms with E-state index in [4.69, 9.17) is 5.11 Å². The third-order valence-corrected chi connectivity index (χ3v) is 4.71. The zero-order valence-electron chi connectivity index (χ0n) is 13.6. The normalized spacial score (nSPS) is 26.2. The van der Waals surface area contributed by atoms with Gasteiger partial charge in [-0.15, -0.1) is 0 Å². The van der Waals surface area contributed by atoms with Crippen LogP contribution in [0.5, 0.6) is 0 Å². The van der Waals surface area contributed by atoms with Gasteiger partial charge in [0.15, 0.2) is 0 Å². The van der Waals surface area contributed by atoms with Gasteiger partial charge in [0.1, 0.15) is 0 Å². The average molecular weight is 329 g/mol. The number of hydrogen-bond donors (Lipinski definition) is 2. The average Bonchev–Trinajstić information content (AvgIpc) is 2.94. The Kier molecular flexibility index (Phi) is 5.27. The highest BCUT2D eigenvalue weighted by atomic mass is 16.4. The van der Waals surface area contributed by atoms with Crippen LogP contribution in [0, 0.1) is 0 Å². The lowest BCUT2D eigenvalue weighted by molar-refractivity contribution is -0.116. The standard InChI is InChI=1S/C18H23N3O3/c22-17(7-4-14-2-5-15(6-3-14)18(23)24)19-12-16-13-20-8-1-9-21(16)11-10-20/h2-7,16H,1,8-13H2,(H,19,22)(H,23,24). The van der Waals surface area contributed by atoms with E-state index >= 15 is 0 Å². The molecule has 0 aromatic heterocycles. The maximum Gasteiger partial charge on any atom is 0.335 e. The molecule has 0 spiro atoms. The molecule has 3 atom stereocenters. The van der Waals surface area contributed by atoms with Gasteiger partial charge in [0.2, 0.25) is 5.91 Å². The summed E-state index contributed by atoms with van der Waals surface area (Å²) in [6, 6.07) is 6.84. The van der Waals surface area contributed by atoms with Crippen LogP contribution in [0.25, 0.3) is 6.08 Å². The van der Waals surface area contributed by atoms with Crippen LogP contribution in [0.4, 0.5) is 0 Å². The molecule has 1 aromatic rings. The van der Waals surface area contributed by atoms with E-state index in [0.717, 1.165) is 38.3 Å². The smallest absolute Gasteiger partial charge is 0.335 e. The summed E-state index contributed by atoms with van der Waals surface area (Å²) in [5, 5.41) is 11.8. The first-order chi connectivity index (χ1) is 11.6. The van der Waals surface area contributed by atoms with E-state index in [-0.39, 0.29) is 11.5 Å². The maximum absolute atomic E-state index is 12.0. The minimum absolute atomic E-state index is 0.117. The first-order valence-electron chi connectivity index (χ1n) is 8.37. The van der Waals surface area contributed by atoms with E-state index in [1.807, 2.05) is 0 Å². The molecule has 1 amide bonds. The van der Waals surface area contributed by atoms with Crippen LogP contribution in [-0.4, -0.2) is 72.1 Å². The predicted octanol–water partition coefficient (Wildman–Crippen LogP) is 0.904. The predicted molar refractivity (Wildman–Crippen MR) is 91.9 cm³/mol. The van der Waals surface area contributed by atoms with Crippen molar-refractivity contribution >= 4 is 18.0 Å². The minimum Gasteiger partial charge on any atom is -0.478 e. The van der Waals surface area contributed by atoms with Crippen molar-refractivity contribution in [2.24, 2.45) is 0 Å². The second-order valence-corrected chi connectivity index (χ2v) is 6.35. The molecule has 3 unspecified atom stereocenters. The molecule has 2 bridgehead atoms. The first-order valence-corrected chi connectivity index (χ1v) is 8.37. The third-order valence-electron chi connectivity index (χ3n) is 4.71. The maximum atomic E-state index is 12.0. The number of amides is 1. The van der Waals surface area contributed by atoms with Gasteiger partial charge in [-0.2, -0.15) is 0 Å². The van der Waals surface area contributed by atoms with Crippen molar-refractivity contribution in [3.8, 4) is 0 Å². The van der Waals surface area contributed by atoms with Crippen molar-refractivity contribution in [2.75, 3.05) is 39.3 Å². The minimum atomic E-state index is -0.952. The van der Waals surface area contributed by atoms with E-state index in [1.165, 1.54) is 24.6 Å². The van der Waals surface area contributed by atoms with Crippen molar-refractivity contribution in [3.05, 3.63) is 41.5 Å². The molecule has 2 N–H and O–H groups in total. The second-order valence-electron chi connectivity index (χ2n) is 6.35. The molecule has 0 aliphatic carbocycles. The summed E-state index contributed by atoms with van der Waals surface area (Å²) in [5.74, 6) is -1.07. The van der Waals surface area contributed by atoms with Crippen LogP contribution >= 0.6 is 0 Å². The lowest BCUT2D eigenvalue weighted by atomic mass is 10.1. The van der Waals surface area contributed by atoms with Crippen molar-refractivity contribution in [3.63, 3.8) is 0 Å². The Labute approximate surface area is 141 Å². The molecule has 6 nitrogen and oxygen atoms in total. The lowest BCUT2D eigenvalue weighted by Crippen LogP contribution is -2.54. The van der Waals surface area contributed by atoms with Crippen LogP contribution in [0.1, 0.15) is 22.3 Å². The van der Waals surface area contributed by atoms with Gasteiger partial charge < -0.3 is 15.3 Å². The quantitative estimate of drug-likeness (QED) is 0.786. The van der Waals surface area contributed by atoms with Gasteiger partial charge in [-0.3, -0.25) is 9.69 Å². The van der Waals surface area contributed by atoms with E-state index in [9.17, 15) is 9.59 Å². The van der Waals surface area contributed by atoms with Crippen molar-refractivity contribution in [2.45, 2.75) is 12.5 Å². The van der Waals surface area contributed by atoms with Gasteiger partial charge in [0.25, 0.3) is 0 Å². The Morgan fingerprint density at radius 2 is 1.96 bits per heavy atom. The highest BCUT2D eigenvalue weighted by Gasteiger charge is 2.29. The number of aromatic carboxylic acids is 1. The molecule has 24 heavy (non-hydrogen) atoms. The van der Waals surface area contributed by atoms with E-state index < -0.39 is 5.97 Å². The van der Waals surface area contributed by atoms with Crippen molar-refractivity contribution in [1.29, 1.82) is 0 Å². The number of nitrogens with zero attached hydrogens (tertiary/aromatic N) is 2. The Balaban J connectivity index is 1.49. The summed E-state index contributed by atoms with van der Waals surface area (Å²) in [5.41, 5.74) is 1.04. The second kappa shape index (κ2) is 7.59. The molecule has 0 radical (unpaired) electrons. The number of carboxylic acids is 1. The number of nitrogens with one attached hydrogen (secondary N) is 1. The molecule has 0 saturated carbocycles. The summed E-state index contributed by atoms with van der Waals surface area (Å²) >= 11 is 0. The number of hydrogen-bond acceptors (Lipinski definition) is 4. The fourth-order valence-electron chi connectivity index (χ4n) is 3.33. The molecular formula is C18H23N3O3. The van der Waals surface area contributed by atoms with Gasteiger partial charge in [-0.05, 0) is 43.3 Å². The number of carbonyl (C=O) groups excluding carboxylic acids is 1. The van der Waals surface area contributed by atoms with E-state index in [1.54, 1.807) is 18.2 Å². The number of benzene rings is 1. The number of carbonyl (C=O) groups is 2. The van der Waals surface area contributed by atoms with Crippen LogP contribution in [0.3, 0.4) is 0 Å². The van der Waals surface area contributed by atoms with Crippen molar-refractivity contribution < 1.29 is 14.7 Å². The lowest BCUT2D eigenvalue weighted by Gasteiger charge is -2.37. The fraction of sp³-hybridized carbons (Fsp3) is 0.444. The molecule has 1 aromatic carbocycles. The molecule has 3 heterocycles. The summed E-state index contributed by atoms with van der Waals surface area (Å²) in [6.45, 7) is 6.19. The number of fused-ring (bicyclic) bond motifs is 4. The molecule has 3 aliphatic rings. The van der Waals surface area contributed by atoms with Crippen LogP contribution in [0.15, 0.2) is 30.3 Å². The SMILES string of the molecule is O=C(C=Cc1ccc(C(=O)O)cc1)NCC1CN2CCCN1CC2. The largest absolute Gasteiger partial charge is 0.478 e. The van der Waals surface area contributed by atoms with Gasteiger partial charge >= 0.3 is 5.97 Å². The van der Waals surface area contributed by atoms with Gasteiger partial charge in [0, 0.05) is 38.3 Å². The molecule has 3 saturated heterocycles. The highest BCUT2D eigenvalue weighted by molar-refractivity contribution is 5.92. The van der Waals surface area contributed by atoms with Crippen LogP contribution in [0.2, 0.25) is 0 Å². The fourth-order valence-corrected chi connectivity index (χ4v) is 3.33.